The van der Waals surface area contributed by atoms with Crippen molar-refractivity contribution in [2.24, 2.45) is 0 Å². The van der Waals surface area contributed by atoms with Crippen molar-refractivity contribution in [1.29, 1.82) is 0 Å². The van der Waals surface area contributed by atoms with Gasteiger partial charge in [0.2, 0.25) is 0 Å². The lowest BCUT2D eigenvalue weighted by atomic mass is 10.2. The van der Waals surface area contributed by atoms with Crippen LogP contribution in [-0.4, -0.2) is 27.0 Å². The molecule has 0 saturated carbocycles. The van der Waals surface area contributed by atoms with Gasteiger partial charge in [-0.25, -0.2) is 19.3 Å². The van der Waals surface area contributed by atoms with Crippen LogP contribution >= 0.6 is 0 Å². The number of aryl methyl sites for hydroxylation is 1. The Hall–Kier alpha value is -2.50. The lowest BCUT2D eigenvalue weighted by Crippen LogP contribution is -1.99. The third kappa shape index (κ3) is 1.91. The van der Waals surface area contributed by atoms with Gasteiger partial charge in [0.25, 0.3) is 0 Å². The van der Waals surface area contributed by atoms with E-state index in [4.69, 9.17) is 0 Å². The molecule has 0 aliphatic heterocycles. The van der Waals surface area contributed by atoms with E-state index in [1.54, 1.807) is 19.4 Å². The predicted molar refractivity (Wildman–Crippen MR) is 71.4 cm³/mol. The first-order valence-corrected chi connectivity index (χ1v) is 5.83. The number of halogens is 1. The maximum absolute atomic E-state index is 13.3. The van der Waals surface area contributed by atoms with Crippen molar-refractivity contribution in [1.82, 2.24) is 19.9 Å². The summed E-state index contributed by atoms with van der Waals surface area (Å²) in [4.78, 5) is 15.7. The lowest BCUT2D eigenvalue weighted by molar-refractivity contribution is 0.624. The number of hydrogen-bond acceptors (Lipinski definition) is 4. The molecule has 3 heterocycles. The third-order valence-corrected chi connectivity index (χ3v) is 2.95. The van der Waals surface area contributed by atoms with Gasteiger partial charge in [0.15, 0.2) is 5.82 Å². The monoisotopic (exact) mass is 257 g/mol. The fourth-order valence-corrected chi connectivity index (χ4v) is 1.99. The van der Waals surface area contributed by atoms with Gasteiger partial charge in [-0.15, -0.1) is 0 Å². The van der Waals surface area contributed by atoms with Crippen LogP contribution < -0.4 is 5.32 Å². The first kappa shape index (κ1) is 11.6. The summed E-state index contributed by atoms with van der Waals surface area (Å²) >= 11 is 0. The van der Waals surface area contributed by atoms with Crippen LogP contribution in [0, 0.1) is 12.7 Å². The first-order chi connectivity index (χ1) is 9.19. The summed E-state index contributed by atoms with van der Waals surface area (Å²) in [5.41, 5.74) is 2.31. The van der Waals surface area contributed by atoms with E-state index >= 15 is 0 Å². The smallest absolute Gasteiger partial charge is 0.163 e. The van der Waals surface area contributed by atoms with Crippen molar-refractivity contribution in [3.8, 4) is 11.4 Å². The number of nitrogens with zero attached hydrogens (tertiary/aromatic N) is 3. The molecular formula is C13H12FN5. The Morgan fingerprint density at radius 2 is 2.11 bits per heavy atom. The second-order valence-electron chi connectivity index (χ2n) is 4.23. The van der Waals surface area contributed by atoms with Crippen molar-refractivity contribution >= 4 is 16.9 Å². The van der Waals surface area contributed by atoms with Crippen LogP contribution in [0.5, 0.6) is 0 Å². The highest BCUT2D eigenvalue weighted by atomic mass is 19.1. The Kier molecular flexibility index (Phi) is 2.63. The average Bonchev–Trinajstić information content (AvgIpc) is 2.82. The molecule has 0 atom stereocenters. The molecule has 19 heavy (non-hydrogen) atoms. The Morgan fingerprint density at radius 3 is 2.89 bits per heavy atom. The zero-order valence-electron chi connectivity index (χ0n) is 10.5. The molecule has 0 bridgehead atoms. The molecule has 0 radical (unpaired) electrons. The number of pyridine rings is 1. The number of nitrogens with one attached hydrogen (secondary N) is 2. The molecule has 0 spiro atoms. The molecule has 0 aliphatic carbocycles. The third-order valence-electron chi connectivity index (χ3n) is 2.95. The van der Waals surface area contributed by atoms with Crippen LogP contribution in [-0.2, 0) is 0 Å². The number of aromatic nitrogens is 4. The van der Waals surface area contributed by atoms with E-state index in [1.165, 1.54) is 12.3 Å². The molecule has 0 saturated heterocycles. The van der Waals surface area contributed by atoms with Crippen LogP contribution in [0.3, 0.4) is 0 Å². The number of rotatable bonds is 2. The summed E-state index contributed by atoms with van der Waals surface area (Å²) in [6.45, 7) is 1.92. The maximum Gasteiger partial charge on any atom is 0.163 e. The van der Waals surface area contributed by atoms with Crippen molar-refractivity contribution in [2.45, 2.75) is 6.92 Å². The highest BCUT2D eigenvalue weighted by molar-refractivity contribution is 5.91. The van der Waals surface area contributed by atoms with Crippen molar-refractivity contribution < 1.29 is 4.39 Å². The van der Waals surface area contributed by atoms with Gasteiger partial charge < -0.3 is 10.3 Å². The molecule has 96 valence electrons. The molecule has 2 N–H and O–H groups in total. The average molecular weight is 257 g/mol. The van der Waals surface area contributed by atoms with Crippen LogP contribution in [0.1, 0.15) is 5.56 Å². The molecule has 0 aromatic carbocycles. The second-order valence-corrected chi connectivity index (χ2v) is 4.23. The normalized spacial score (nSPS) is 10.9. The van der Waals surface area contributed by atoms with Gasteiger partial charge in [0.1, 0.15) is 17.3 Å². The fourth-order valence-electron chi connectivity index (χ4n) is 1.99. The van der Waals surface area contributed by atoms with E-state index in [0.717, 1.165) is 16.9 Å². The maximum atomic E-state index is 13.3. The summed E-state index contributed by atoms with van der Waals surface area (Å²) < 4.78 is 13.3. The number of H-pyrrole nitrogens is 1. The molecule has 6 heteroatoms. The van der Waals surface area contributed by atoms with E-state index in [9.17, 15) is 4.39 Å². The number of aromatic amines is 1. The topological polar surface area (TPSA) is 66.5 Å². The minimum absolute atomic E-state index is 0.380. The fraction of sp³-hybridized carbons (Fsp3) is 0.154. The Morgan fingerprint density at radius 1 is 1.26 bits per heavy atom. The minimum Gasteiger partial charge on any atom is -0.373 e. The van der Waals surface area contributed by atoms with E-state index < -0.39 is 0 Å². The van der Waals surface area contributed by atoms with Gasteiger partial charge in [-0.3, -0.25) is 0 Å². The number of anilines is 1. The molecule has 0 aliphatic rings. The zero-order chi connectivity index (χ0) is 13.4. The molecule has 3 aromatic heterocycles. The van der Waals surface area contributed by atoms with Crippen LogP contribution in [0.4, 0.5) is 10.2 Å². The lowest BCUT2D eigenvalue weighted by Gasteiger charge is -2.05. The quantitative estimate of drug-likeness (QED) is 0.740. The molecule has 0 fully saturated rings. The summed E-state index contributed by atoms with van der Waals surface area (Å²) in [6, 6.07) is 1.43. The summed E-state index contributed by atoms with van der Waals surface area (Å²) in [7, 11) is 1.80. The molecule has 3 rings (SSSR count). The van der Waals surface area contributed by atoms with Gasteiger partial charge in [0.05, 0.1) is 6.20 Å². The Labute approximate surface area is 108 Å². The van der Waals surface area contributed by atoms with E-state index in [2.05, 4.69) is 25.3 Å². The predicted octanol–water partition coefficient (Wildman–Crippen LogP) is 2.51. The largest absolute Gasteiger partial charge is 0.373 e. The van der Waals surface area contributed by atoms with Gasteiger partial charge in [-0.2, -0.15) is 0 Å². The minimum atomic E-state index is -0.380. The van der Waals surface area contributed by atoms with Crippen LogP contribution in [0.15, 0.2) is 24.7 Å². The molecule has 0 unspecified atom stereocenters. The second kappa shape index (κ2) is 4.31. The molecule has 5 nitrogen and oxygen atoms in total. The van der Waals surface area contributed by atoms with Gasteiger partial charge in [0, 0.05) is 36.0 Å². The van der Waals surface area contributed by atoms with Gasteiger partial charge in [-0.1, -0.05) is 0 Å². The highest BCUT2D eigenvalue weighted by Crippen LogP contribution is 2.26. The van der Waals surface area contributed by atoms with Crippen molar-refractivity contribution in [3.63, 3.8) is 0 Å². The zero-order valence-corrected chi connectivity index (χ0v) is 10.5. The van der Waals surface area contributed by atoms with E-state index in [0.29, 0.717) is 16.9 Å². The number of hydrogen-bond donors (Lipinski definition) is 2. The van der Waals surface area contributed by atoms with E-state index in [-0.39, 0.29) is 5.82 Å². The van der Waals surface area contributed by atoms with E-state index in [1.807, 2.05) is 6.92 Å². The summed E-state index contributed by atoms with van der Waals surface area (Å²) in [6.07, 6.45) is 4.65. The molecular weight excluding hydrogens is 245 g/mol. The SMILES string of the molecule is CNc1nc(-c2c[nH]c3ncc(F)cc23)ncc1C. The number of fused-ring (bicyclic) bond motifs is 1. The Balaban J connectivity index is 2.21. The first-order valence-electron chi connectivity index (χ1n) is 5.83. The van der Waals surface area contributed by atoms with Crippen molar-refractivity contribution in [2.75, 3.05) is 12.4 Å². The highest BCUT2D eigenvalue weighted by Gasteiger charge is 2.11. The molecule has 0 amide bonds. The van der Waals surface area contributed by atoms with Crippen molar-refractivity contribution in [3.05, 3.63) is 36.0 Å². The molecule has 3 aromatic rings. The van der Waals surface area contributed by atoms with Crippen LogP contribution in [0.25, 0.3) is 22.4 Å². The summed E-state index contributed by atoms with van der Waals surface area (Å²) in [5.74, 6) is 0.909. The van der Waals surface area contributed by atoms with Crippen LogP contribution in [0.2, 0.25) is 0 Å². The Bertz CT molecular complexity index is 750. The van der Waals surface area contributed by atoms with Gasteiger partial charge in [-0.05, 0) is 13.0 Å². The standard InChI is InChI=1S/C13H12FN5/c1-7-4-16-13(19-11(7)15-2)10-6-18-12-9(10)3-8(14)5-17-12/h3-6H,1-2H3,(H,17,18)(H,15,16,19). The van der Waals surface area contributed by atoms with Gasteiger partial charge >= 0.3 is 0 Å². The summed E-state index contributed by atoms with van der Waals surface area (Å²) in [5, 5.41) is 3.68.